The van der Waals surface area contributed by atoms with E-state index in [1.54, 1.807) is 0 Å². The van der Waals surface area contributed by atoms with Gasteiger partial charge in [-0.05, 0) is 12.1 Å². The van der Waals surface area contributed by atoms with Gasteiger partial charge in [0.15, 0.2) is 0 Å². The minimum absolute atomic E-state index is 0.436. The van der Waals surface area contributed by atoms with Crippen LogP contribution >= 0.6 is 11.6 Å². The number of hydrogen-bond acceptors (Lipinski definition) is 4. The van der Waals surface area contributed by atoms with E-state index in [1.165, 1.54) is 0 Å². The Morgan fingerprint density at radius 1 is 1.05 bits per heavy atom. The summed E-state index contributed by atoms with van der Waals surface area (Å²) in [5.41, 5.74) is -5.68. The van der Waals surface area contributed by atoms with Crippen LogP contribution in [0.4, 0.5) is 26.3 Å². The largest absolute Gasteiger partial charge is 0.573 e. The van der Waals surface area contributed by atoms with Gasteiger partial charge in [0.2, 0.25) is 0 Å². The van der Waals surface area contributed by atoms with Gasteiger partial charge in [-0.1, -0.05) is 11.6 Å². The third-order valence-electron chi connectivity index (χ3n) is 1.62. The molecule has 0 amide bonds. The minimum Gasteiger partial charge on any atom is -0.404 e. The molecule has 0 spiro atoms. The van der Waals surface area contributed by atoms with Gasteiger partial charge in [-0.25, -0.2) is 0 Å². The molecule has 1 aromatic carbocycles. The lowest BCUT2D eigenvalue weighted by atomic mass is 10.3. The van der Waals surface area contributed by atoms with Crippen molar-refractivity contribution < 1.29 is 43.7 Å². The first-order valence-corrected chi connectivity index (χ1v) is 6.16. The van der Waals surface area contributed by atoms with Gasteiger partial charge in [0, 0.05) is 6.07 Å². The lowest BCUT2D eigenvalue weighted by molar-refractivity contribution is -0.274. The predicted molar refractivity (Wildman–Crippen MR) is 53.7 cm³/mol. The van der Waals surface area contributed by atoms with Crippen LogP contribution in [0.25, 0.3) is 0 Å². The van der Waals surface area contributed by atoms with Crippen LogP contribution < -0.4 is 8.92 Å². The van der Waals surface area contributed by atoms with Gasteiger partial charge in [0.1, 0.15) is 11.5 Å². The zero-order valence-electron chi connectivity index (χ0n) is 8.92. The molecule has 20 heavy (non-hydrogen) atoms. The summed E-state index contributed by atoms with van der Waals surface area (Å²) in [6, 6.07) is 1.47. The molecule has 0 saturated heterocycles. The van der Waals surface area contributed by atoms with Crippen molar-refractivity contribution in [1.29, 1.82) is 0 Å². The first-order chi connectivity index (χ1) is 8.82. The van der Waals surface area contributed by atoms with Gasteiger partial charge in [-0.2, -0.15) is 21.6 Å². The van der Waals surface area contributed by atoms with E-state index in [4.69, 9.17) is 11.6 Å². The van der Waals surface area contributed by atoms with Crippen molar-refractivity contribution in [1.82, 2.24) is 0 Å². The van der Waals surface area contributed by atoms with Crippen molar-refractivity contribution >= 4 is 21.7 Å². The Morgan fingerprint density at radius 2 is 1.60 bits per heavy atom. The Kier molecular flexibility index (Phi) is 4.34. The van der Waals surface area contributed by atoms with Crippen molar-refractivity contribution in [2.24, 2.45) is 0 Å². The highest BCUT2D eigenvalue weighted by Crippen LogP contribution is 2.34. The van der Waals surface area contributed by atoms with Gasteiger partial charge in [-0.15, -0.1) is 13.2 Å². The Labute approximate surface area is 113 Å². The fraction of sp³-hybridized carbons (Fsp3) is 0.250. The lowest BCUT2D eigenvalue weighted by Gasteiger charge is -2.12. The molecule has 1 rings (SSSR count). The maximum atomic E-state index is 12.0. The summed E-state index contributed by atoms with van der Waals surface area (Å²) in [4.78, 5) is 0. The van der Waals surface area contributed by atoms with Crippen LogP contribution in [0.15, 0.2) is 18.2 Å². The average Bonchev–Trinajstić information content (AvgIpc) is 2.18. The van der Waals surface area contributed by atoms with Crippen LogP contribution in [0.3, 0.4) is 0 Å². The van der Waals surface area contributed by atoms with Crippen molar-refractivity contribution in [2.75, 3.05) is 0 Å². The van der Waals surface area contributed by atoms with E-state index in [0.29, 0.717) is 18.2 Å². The molecular formula is C8H3ClF6O4S. The molecule has 0 fully saturated rings. The zero-order chi connectivity index (χ0) is 15.8. The van der Waals surface area contributed by atoms with E-state index < -0.39 is 38.5 Å². The molecule has 0 saturated carbocycles. The summed E-state index contributed by atoms with van der Waals surface area (Å²) in [5, 5.41) is -0.780. The predicted octanol–water partition coefficient (Wildman–Crippen LogP) is 3.47. The van der Waals surface area contributed by atoms with Crippen molar-refractivity contribution in [2.45, 2.75) is 11.9 Å². The van der Waals surface area contributed by atoms with E-state index in [-0.39, 0.29) is 0 Å². The van der Waals surface area contributed by atoms with Gasteiger partial charge in [-0.3, -0.25) is 0 Å². The molecule has 12 heteroatoms. The van der Waals surface area contributed by atoms with Gasteiger partial charge in [0.05, 0.1) is 5.02 Å². The molecular weight excluding hydrogens is 342 g/mol. The molecule has 0 radical (unpaired) electrons. The third-order valence-corrected chi connectivity index (χ3v) is 2.89. The van der Waals surface area contributed by atoms with E-state index in [9.17, 15) is 34.8 Å². The topological polar surface area (TPSA) is 52.6 Å². The zero-order valence-corrected chi connectivity index (χ0v) is 10.5. The third kappa shape index (κ3) is 4.34. The maximum Gasteiger partial charge on any atom is 0.573 e. The molecule has 0 unspecified atom stereocenters. The maximum absolute atomic E-state index is 12.0. The molecule has 0 N–H and O–H groups in total. The number of benzene rings is 1. The summed E-state index contributed by atoms with van der Waals surface area (Å²) >= 11 is 5.30. The van der Waals surface area contributed by atoms with Crippen LogP contribution in [-0.4, -0.2) is 20.3 Å². The smallest absolute Gasteiger partial charge is 0.404 e. The minimum atomic E-state index is -5.94. The number of rotatable bonds is 3. The molecule has 0 bridgehead atoms. The van der Waals surface area contributed by atoms with Crippen LogP contribution in [0.2, 0.25) is 5.02 Å². The molecule has 0 aromatic heterocycles. The summed E-state index contributed by atoms with van der Waals surface area (Å²) in [7, 11) is -5.94. The van der Waals surface area contributed by atoms with E-state index in [2.05, 4.69) is 8.92 Å². The SMILES string of the molecule is O=S(=O)(Oc1ccc(OC(F)(F)F)c(Cl)c1)C(F)(F)F. The number of ether oxygens (including phenoxy) is 1. The summed E-state index contributed by atoms with van der Waals surface area (Å²) in [6.45, 7) is 0. The molecule has 1 aromatic rings. The quantitative estimate of drug-likeness (QED) is 0.479. The van der Waals surface area contributed by atoms with Crippen LogP contribution in [0.1, 0.15) is 0 Å². The van der Waals surface area contributed by atoms with E-state index in [1.807, 2.05) is 0 Å². The van der Waals surface area contributed by atoms with Crippen LogP contribution in [0, 0.1) is 0 Å². The Balaban J connectivity index is 3.00. The van der Waals surface area contributed by atoms with Crippen molar-refractivity contribution in [3.8, 4) is 11.5 Å². The standard InChI is InChI=1S/C8H3ClF6O4S/c9-5-3-4(19-20(16,17)8(13,14)15)1-2-6(5)18-7(10,11)12/h1-3H. The molecule has 0 heterocycles. The first-order valence-electron chi connectivity index (χ1n) is 4.38. The van der Waals surface area contributed by atoms with Crippen LogP contribution in [-0.2, 0) is 10.1 Å². The monoisotopic (exact) mass is 344 g/mol. The first kappa shape index (κ1) is 16.7. The van der Waals surface area contributed by atoms with Gasteiger partial charge >= 0.3 is 22.0 Å². The average molecular weight is 345 g/mol. The molecule has 114 valence electrons. The molecule has 0 aliphatic rings. The van der Waals surface area contributed by atoms with Crippen molar-refractivity contribution in [3.63, 3.8) is 0 Å². The fourth-order valence-corrected chi connectivity index (χ4v) is 1.58. The highest BCUT2D eigenvalue weighted by Gasteiger charge is 2.48. The Morgan fingerprint density at radius 3 is 2.00 bits per heavy atom. The molecule has 0 atom stereocenters. The number of alkyl halides is 6. The second-order valence-corrected chi connectivity index (χ2v) is 5.07. The van der Waals surface area contributed by atoms with Gasteiger partial charge in [0.25, 0.3) is 0 Å². The van der Waals surface area contributed by atoms with Gasteiger partial charge < -0.3 is 8.92 Å². The highest BCUT2D eigenvalue weighted by atomic mass is 35.5. The van der Waals surface area contributed by atoms with E-state index in [0.717, 1.165) is 0 Å². The molecule has 0 aliphatic heterocycles. The Hall–Kier alpha value is -1.36. The molecule has 4 nitrogen and oxygen atoms in total. The number of hydrogen-bond donors (Lipinski definition) is 0. The highest BCUT2D eigenvalue weighted by molar-refractivity contribution is 7.88. The van der Waals surface area contributed by atoms with Crippen LogP contribution in [0.5, 0.6) is 11.5 Å². The second-order valence-electron chi connectivity index (χ2n) is 3.12. The summed E-state index contributed by atoms with van der Waals surface area (Å²) in [6.07, 6.45) is -5.07. The second kappa shape index (κ2) is 5.20. The fourth-order valence-electron chi connectivity index (χ4n) is 0.915. The Bertz CT molecular complexity index is 594. The molecule has 0 aliphatic carbocycles. The number of halogens is 7. The lowest BCUT2D eigenvalue weighted by Crippen LogP contribution is -2.28. The van der Waals surface area contributed by atoms with Crippen molar-refractivity contribution in [3.05, 3.63) is 23.2 Å². The van der Waals surface area contributed by atoms with E-state index >= 15 is 0 Å². The summed E-state index contributed by atoms with van der Waals surface area (Å²) < 4.78 is 100. The summed E-state index contributed by atoms with van der Waals surface area (Å²) in [5.74, 6) is -1.84. The normalized spacial score (nSPS) is 13.2.